The molecule has 1 aliphatic heterocycles. The quantitative estimate of drug-likeness (QED) is 0.212. The van der Waals surface area contributed by atoms with Crippen LogP contribution in [0.3, 0.4) is 0 Å². The molecular formula is C14H31ClCuIMgO2. The minimum atomic E-state index is -0.0958. The first-order chi connectivity index (χ1) is 8.58. The van der Waals surface area contributed by atoms with Gasteiger partial charge in [0.05, 0.1) is 18.8 Å². The van der Waals surface area contributed by atoms with Crippen LogP contribution in [-0.2, 0) is 17.5 Å². The molecule has 0 saturated carbocycles. The van der Waals surface area contributed by atoms with Crippen LogP contribution >= 0.6 is 20.3 Å². The average Bonchev–Trinajstić information content (AvgIpc) is 3.15. The largest absolute Gasteiger partial charge is 2.00 e. The predicted octanol–water partition coefficient (Wildman–Crippen LogP) is 1.48. The van der Waals surface area contributed by atoms with Gasteiger partial charge in [0.25, 0.3) is 0 Å². The smallest absolute Gasteiger partial charge is 2.00 e. The van der Waals surface area contributed by atoms with Crippen molar-refractivity contribution >= 4 is 43.4 Å². The Balaban J connectivity index is -0.0000000538. The van der Waals surface area contributed by atoms with Crippen molar-refractivity contribution in [3.63, 3.8) is 0 Å². The van der Waals surface area contributed by atoms with Crippen molar-refractivity contribution < 1.29 is 35.0 Å². The molecule has 1 fully saturated rings. The molecule has 1 N–H and O–H groups in total. The number of aliphatic hydroxyl groups is 1. The van der Waals surface area contributed by atoms with E-state index in [4.69, 9.17) is 9.84 Å². The van der Waals surface area contributed by atoms with Gasteiger partial charge >= 0.3 is 56.2 Å². The van der Waals surface area contributed by atoms with Crippen molar-refractivity contribution in [2.24, 2.45) is 0 Å². The van der Waals surface area contributed by atoms with E-state index in [1.165, 1.54) is 25.7 Å². The number of ether oxygens (including phenoxy) is 1. The SMILES string of the molecule is CCCCC[C@H](C)O.C[C@H]1CO1.[CH2-]CCC.[Cl-].[Cu][I].[Mg+2]. The number of hydrogen-bond acceptors (Lipinski definition) is 2. The van der Waals surface area contributed by atoms with Crippen LogP contribution in [0.25, 0.3) is 0 Å². The van der Waals surface area contributed by atoms with Crippen molar-refractivity contribution in [3.05, 3.63) is 6.92 Å². The van der Waals surface area contributed by atoms with Crippen LogP contribution in [0.15, 0.2) is 0 Å². The third-order valence-corrected chi connectivity index (χ3v) is 2.08. The molecule has 0 aromatic heterocycles. The molecular weight excluding hydrogens is 450 g/mol. The zero-order chi connectivity index (χ0) is 14.8. The molecule has 1 heterocycles. The van der Waals surface area contributed by atoms with Crippen LogP contribution in [0.2, 0.25) is 0 Å². The first-order valence-electron chi connectivity index (χ1n) is 6.78. The summed E-state index contributed by atoms with van der Waals surface area (Å²) in [5, 5.41) is 8.78. The second kappa shape index (κ2) is 33.0. The minimum Gasteiger partial charge on any atom is 2.00 e. The summed E-state index contributed by atoms with van der Waals surface area (Å²) in [6, 6.07) is 0. The molecule has 1 rings (SSSR count). The number of unbranched alkanes of at least 4 members (excludes halogenated alkanes) is 3. The summed E-state index contributed by atoms with van der Waals surface area (Å²) >= 11 is 5.87. The third kappa shape index (κ3) is 59.3. The molecule has 0 amide bonds. The van der Waals surface area contributed by atoms with Crippen LogP contribution in [0.5, 0.6) is 0 Å². The normalized spacial score (nSPS) is 15.3. The molecule has 0 unspecified atom stereocenters. The van der Waals surface area contributed by atoms with Crippen molar-refractivity contribution in [2.75, 3.05) is 6.61 Å². The van der Waals surface area contributed by atoms with E-state index in [1.54, 1.807) is 20.3 Å². The molecule has 2 nitrogen and oxygen atoms in total. The van der Waals surface area contributed by atoms with Gasteiger partial charge in [-0.2, -0.15) is 6.42 Å². The van der Waals surface area contributed by atoms with Gasteiger partial charge in [0, 0.05) is 0 Å². The number of rotatable bonds is 5. The predicted molar refractivity (Wildman–Crippen MR) is 91.3 cm³/mol. The van der Waals surface area contributed by atoms with Gasteiger partial charge in [0.15, 0.2) is 0 Å². The second-order valence-corrected chi connectivity index (χ2v) is 4.34. The van der Waals surface area contributed by atoms with E-state index in [-0.39, 0.29) is 41.6 Å². The molecule has 126 valence electrons. The summed E-state index contributed by atoms with van der Waals surface area (Å²) in [7, 11) is 0. The monoisotopic (exact) mass is 480 g/mol. The van der Waals surface area contributed by atoms with Gasteiger partial charge in [0.2, 0.25) is 0 Å². The van der Waals surface area contributed by atoms with Crippen molar-refractivity contribution in [2.45, 2.75) is 78.4 Å². The van der Waals surface area contributed by atoms with Gasteiger partial charge in [0.1, 0.15) is 0 Å². The Kier molecular flexibility index (Phi) is 55.6. The summed E-state index contributed by atoms with van der Waals surface area (Å²) in [5.74, 6) is 0. The maximum Gasteiger partial charge on any atom is 2.00 e. The molecule has 1 saturated heterocycles. The molecule has 0 aromatic carbocycles. The number of halogens is 2. The van der Waals surface area contributed by atoms with Gasteiger partial charge < -0.3 is 29.2 Å². The van der Waals surface area contributed by atoms with E-state index < -0.39 is 0 Å². The fourth-order valence-electron chi connectivity index (χ4n) is 0.786. The molecule has 0 aromatic rings. The van der Waals surface area contributed by atoms with Crippen molar-refractivity contribution in [1.82, 2.24) is 0 Å². The summed E-state index contributed by atoms with van der Waals surface area (Å²) < 4.78 is 4.71. The molecule has 0 aliphatic carbocycles. The zero-order valence-electron chi connectivity index (χ0n) is 13.4. The van der Waals surface area contributed by atoms with Crippen LogP contribution in [0, 0.1) is 6.92 Å². The third-order valence-electron chi connectivity index (χ3n) is 2.08. The Morgan fingerprint density at radius 1 is 1.30 bits per heavy atom. The Bertz CT molecular complexity index is 130. The summed E-state index contributed by atoms with van der Waals surface area (Å²) in [6.07, 6.45) is 7.40. The van der Waals surface area contributed by atoms with Crippen LogP contribution in [0.1, 0.15) is 66.2 Å². The number of hydrogen-bond donors (Lipinski definition) is 1. The Morgan fingerprint density at radius 3 is 1.80 bits per heavy atom. The van der Waals surface area contributed by atoms with Gasteiger partial charge in [-0.15, -0.1) is 0 Å². The first-order valence-corrected chi connectivity index (χ1v) is 9.82. The van der Waals surface area contributed by atoms with E-state index >= 15 is 0 Å². The first kappa shape index (κ1) is 33.7. The van der Waals surface area contributed by atoms with E-state index in [0.29, 0.717) is 6.10 Å². The summed E-state index contributed by atoms with van der Waals surface area (Å²) in [6.45, 7) is 12.8. The number of epoxide rings is 1. The molecule has 0 bridgehead atoms. The minimum absolute atomic E-state index is 0. The fraction of sp³-hybridized carbons (Fsp3) is 0.929. The van der Waals surface area contributed by atoms with Gasteiger partial charge in [-0.3, -0.25) is 0 Å². The standard InChI is InChI=1S/C7H16O.C4H9.C3H6O.ClH.Cu.HI.Mg/c1-3-4-5-6-7(2)8;1-3-4-2;1-3-2-4-3;;;;/h7-8H,3-6H2,1-2H3;1,3-4H2,2H3;3H,2H2,1H3;1H;;1H;/q;-1;;;+1;;+2/p-2/t7-;;3-;;;;/m0.0..../s1. The Morgan fingerprint density at radius 2 is 1.65 bits per heavy atom. The fourth-order valence-corrected chi connectivity index (χ4v) is 0.786. The topological polar surface area (TPSA) is 32.8 Å². The van der Waals surface area contributed by atoms with Gasteiger partial charge in [-0.1, -0.05) is 39.5 Å². The maximum atomic E-state index is 8.78. The molecule has 0 spiro atoms. The number of aliphatic hydroxyl groups excluding tert-OH is 1. The summed E-state index contributed by atoms with van der Waals surface area (Å²) in [5.41, 5.74) is 0. The van der Waals surface area contributed by atoms with Crippen molar-refractivity contribution in [1.29, 1.82) is 0 Å². The summed E-state index contributed by atoms with van der Waals surface area (Å²) in [4.78, 5) is 0. The van der Waals surface area contributed by atoms with Gasteiger partial charge in [-0.25, -0.2) is 0 Å². The molecule has 20 heavy (non-hydrogen) atoms. The van der Waals surface area contributed by atoms with E-state index in [0.717, 1.165) is 19.4 Å². The molecule has 6 heteroatoms. The van der Waals surface area contributed by atoms with Crippen LogP contribution in [0.4, 0.5) is 0 Å². The van der Waals surface area contributed by atoms with Crippen molar-refractivity contribution in [3.8, 4) is 0 Å². The van der Waals surface area contributed by atoms with E-state index in [1.807, 2.05) is 6.92 Å². The van der Waals surface area contributed by atoms with Crippen LogP contribution in [-0.4, -0.2) is 47.0 Å². The zero-order valence-corrected chi connectivity index (χ0v) is 18.7. The molecule has 1 aliphatic rings. The maximum absolute atomic E-state index is 8.78. The van der Waals surface area contributed by atoms with E-state index in [2.05, 4.69) is 40.5 Å². The second-order valence-electron chi connectivity index (χ2n) is 4.34. The molecule has 2 atom stereocenters. The van der Waals surface area contributed by atoms with Crippen LogP contribution < -0.4 is 12.4 Å². The Hall–Kier alpha value is 2.23. The Labute approximate surface area is 169 Å². The molecule has 0 radical (unpaired) electrons. The average molecular weight is 482 g/mol. The van der Waals surface area contributed by atoms with Gasteiger partial charge in [-0.05, 0) is 20.3 Å². The van der Waals surface area contributed by atoms with E-state index in [9.17, 15) is 0 Å².